The molecule has 1 atom stereocenters. The van der Waals surface area contributed by atoms with Crippen LogP contribution in [0.4, 0.5) is 0 Å². The first kappa shape index (κ1) is 23.4. The zero-order chi connectivity index (χ0) is 21.7. The van der Waals surface area contributed by atoms with Gasteiger partial charge in [-0.2, -0.15) is 4.31 Å². The number of benzene rings is 1. The Morgan fingerprint density at radius 2 is 1.90 bits per heavy atom. The summed E-state index contributed by atoms with van der Waals surface area (Å²) in [6, 6.07) is 6.99. The number of hydrogen-bond donors (Lipinski definition) is 0. The topological polar surface area (TPSA) is 81.3 Å². The summed E-state index contributed by atoms with van der Waals surface area (Å²) in [6.07, 6.45) is 3.18. The van der Waals surface area contributed by atoms with Gasteiger partial charge in [0.25, 0.3) is 0 Å². The second-order valence-corrected chi connectivity index (χ2v) is 9.68. The number of aryl methyl sites for hydroxylation is 1. The Kier molecular flexibility index (Phi) is 8.09. The van der Waals surface area contributed by atoms with Crippen LogP contribution in [0.25, 0.3) is 11.1 Å². The van der Waals surface area contributed by atoms with Crippen molar-refractivity contribution < 1.29 is 22.9 Å². The van der Waals surface area contributed by atoms with E-state index >= 15 is 0 Å². The van der Waals surface area contributed by atoms with Gasteiger partial charge in [0, 0.05) is 31.0 Å². The lowest BCUT2D eigenvalue weighted by atomic mass is 10.1. The Morgan fingerprint density at radius 1 is 1.20 bits per heavy atom. The van der Waals surface area contributed by atoms with Crippen molar-refractivity contribution in [1.29, 1.82) is 0 Å². The fraction of sp³-hybridized carbons (Fsp3) is 0.450. The second-order valence-electron chi connectivity index (χ2n) is 6.88. The zero-order valence-electron chi connectivity index (χ0n) is 16.8. The molecule has 1 saturated heterocycles. The lowest BCUT2D eigenvalue weighted by molar-refractivity contribution is -0.291. The molecule has 10 heteroatoms. The van der Waals surface area contributed by atoms with Gasteiger partial charge in [0.15, 0.2) is 0 Å². The molecule has 0 radical (unpaired) electrons. The van der Waals surface area contributed by atoms with Crippen LogP contribution in [0, 0.1) is 0 Å². The summed E-state index contributed by atoms with van der Waals surface area (Å²) in [5, 5.41) is 0.136. The Morgan fingerprint density at radius 3 is 2.47 bits per heavy atom. The van der Waals surface area contributed by atoms with Gasteiger partial charge in [0.1, 0.15) is 4.90 Å². The molecule has 2 heterocycles. The van der Waals surface area contributed by atoms with E-state index in [1.54, 1.807) is 18.3 Å². The summed E-state index contributed by atoms with van der Waals surface area (Å²) in [5.74, 6) is 0. The van der Waals surface area contributed by atoms with E-state index in [-0.39, 0.29) is 27.6 Å². The average molecular weight is 475 g/mol. The number of hydrogen-bond acceptors (Lipinski definition) is 6. The molecule has 0 spiro atoms. The molecule has 30 heavy (non-hydrogen) atoms. The number of sulfonamides is 1. The Bertz CT molecular complexity index is 943. The van der Waals surface area contributed by atoms with Crippen molar-refractivity contribution in [2.24, 2.45) is 0 Å². The molecule has 1 aromatic heterocycles. The van der Waals surface area contributed by atoms with Crippen molar-refractivity contribution >= 4 is 33.2 Å². The van der Waals surface area contributed by atoms with E-state index in [9.17, 15) is 8.42 Å². The summed E-state index contributed by atoms with van der Waals surface area (Å²) >= 11 is 12.7. The molecular weight excluding hydrogens is 451 g/mol. The SMILES string of the molecule is CCOOCCCc1ccc(-c2cc(Cl)c(S(=O)(=O)N(C)CC3CO3)c(Cl)c2)cn1. The molecule has 0 N–H and O–H groups in total. The van der Waals surface area contributed by atoms with E-state index in [1.165, 1.54) is 11.4 Å². The number of rotatable bonds is 11. The average Bonchev–Trinajstić information content (AvgIpc) is 3.51. The predicted molar refractivity (Wildman–Crippen MR) is 115 cm³/mol. The van der Waals surface area contributed by atoms with Crippen LogP contribution in [-0.2, 0) is 31.0 Å². The fourth-order valence-corrected chi connectivity index (χ4v) is 5.24. The van der Waals surface area contributed by atoms with Gasteiger partial charge in [-0.3, -0.25) is 4.98 Å². The van der Waals surface area contributed by atoms with Crippen molar-refractivity contribution in [2.75, 3.05) is 33.4 Å². The number of likely N-dealkylation sites (N-methyl/N-ethyl adjacent to an activating group) is 1. The molecule has 1 aromatic carbocycles. The van der Waals surface area contributed by atoms with Crippen molar-refractivity contribution in [3.05, 3.63) is 46.2 Å². The van der Waals surface area contributed by atoms with Crippen molar-refractivity contribution in [3.63, 3.8) is 0 Å². The highest BCUT2D eigenvalue weighted by molar-refractivity contribution is 7.89. The third kappa shape index (κ3) is 5.91. The molecule has 0 amide bonds. The number of nitrogens with zero attached hydrogens (tertiary/aromatic N) is 2. The van der Waals surface area contributed by atoms with Crippen LogP contribution in [0.5, 0.6) is 0 Å². The van der Waals surface area contributed by atoms with Gasteiger partial charge >= 0.3 is 0 Å². The Labute approximate surface area is 186 Å². The zero-order valence-corrected chi connectivity index (χ0v) is 19.1. The summed E-state index contributed by atoms with van der Waals surface area (Å²) in [7, 11) is -2.34. The van der Waals surface area contributed by atoms with Crippen LogP contribution in [0.2, 0.25) is 10.0 Å². The van der Waals surface area contributed by atoms with Gasteiger partial charge in [0.2, 0.25) is 10.0 Å². The Hall–Kier alpha value is -1.26. The van der Waals surface area contributed by atoms with Crippen LogP contribution >= 0.6 is 23.2 Å². The van der Waals surface area contributed by atoms with Gasteiger partial charge in [-0.05, 0) is 43.5 Å². The molecule has 7 nitrogen and oxygen atoms in total. The summed E-state index contributed by atoms with van der Waals surface area (Å²) in [4.78, 5) is 14.2. The first-order valence-electron chi connectivity index (χ1n) is 9.59. The molecule has 0 aliphatic carbocycles. The summed E-state index contributed by atoms with van der Waals surface area (Å²) in [5.41, 5.74) is 2.40. The van der Waals surface area contributed by atoms with E-state index in [0.29, 0.717) is 25.4 Å². The van der Waals surface area contributed by atoms with E-state index < -0.39 is 10.0 Å². The van der Waals surface area contributed by atoms with Crippen LogP contribution in [-0.4, -0.2) is 57.2 Å². The molecule has 0 bridgehead atoms. The number of aromatic nitrogens is 1. The third-order valence-electron chi connectivity index (χ3n) is 4.55. The normalized spacial score (nSPS) is 16.2. The maximum atomic E-state index is 12.9. The molecule has 164 valence electrons. The quantitative estimate of drug-likeness (QED) is 0.212. The Balaban J connectivity index is 1.73. The number of ether oxygens (including phenoxy) is 1. The monoisotopic (exact) mass is 474 g/mol. The van der Waals surface area contributed by atoms with E-state index in [1.807, 2.05) is 19.1 Å². The highest BCUT2D eigenvalue weighted by atomic mass is 35.5. The summed E-state index contributed by atoms with van der Waals surface area (Å²) < 4.78 is 32.0. The molecule has 1 fully saturated rings. The molecule has 1 aliphatic rings. The van der Waals surface area contributed by atoms with Crippen molar-refractivity contribution in [1.82, 2.24) is 9.29 Å². The van der Waals surface area contributed by atoms with Crippen molar-refractivity contribution in [2.45, 2.75) is 30.8 Å². The van der Waals surface area contributed by atoms with Gasteiger partial charge < -0.3 is 4.74 Å². The predicted octanol–water partition coefficient (Wildman–Crippen LogP) is 3.98. The number of halogens is 2. The van der Waals surface area contributed by atoms with Crippen molar-refractivity contribution in [3.8, 4) is 11.1 Å². The first-order valence-corrected chi connectivity index (χ1v) is 11.8. The van der Waals surface area contributed by atoms with Crippen LogP contribution < -0.4 is 0 Å². The van der Waals surface area contributed by atoms with E-state index in [4.69, 9.17) is 37.7 Å². The highest BCUT2D eigenvalue weighted by Crippen LogP contribution is 2.36. The van der Waals surface area contributed by atoms with Crippen LogP contribution in [0.15, 0.2) is 35.4 Å². The molecule has 0 saturated carbocycles. The largest absolute Gasteiger partial charge is 0.372 e. The van der Waals surface area contributed by atoms with Gasteiger partial charge in [-0.15, -0.1) is 0 Å². The molecular formula is C20H24Cl2N2O5S. The lowest BCUT2D eigenvalue weighted by Gasteiger charge is -2.18. The van der Waals surface area contributed by atoms with Gasteiger partial charge in [-0.25, -0.2) is 18.2 Å². The minimum absolute atomic E-state index is 0.0678. The molecule has 1 unspecified atom stereocenters. The van der Waals surface area contributed by atoms with E-state index in [0.717, 1.165) is 24.1 Å². The molecule has 2 aromatic rings. The smallest absolute Gasteiger partial charge is 0.245 e. The summed E-state index contributed by atoms with van der Waals surface area (Å²) in [6.45, 7) is 3.70. The number of pyridine rings is 1. The molecule has 1 aliphatic heterocycles. The maximum absolute atomic E-state index is 12.9. The standard InChI is InChI=1S/C20H24Cl2N2O5S/c1-3-28-29-8-4-5-16-7-6-14(11-23-16)15-9-18(21)20(19(22)10-15)30(25,26)24(2)12-17-13-27-17/h6-7,9-11,17H,3-5,8,12-13H2,1-2H3. The second kappa shape index (κ2) is 10.4. The highest BCUT2D eigenvalue weighted by Gasteiger charge is 2.32. The fourth-order valence-electron chi connectivity index (χ4n) is 2.88. The minimum Gasteiger partial charge on any atom is -0.372 e. The van der Waals surface area contributed by atoms with Gasteiger partial charge in [-0.1, -0.05) is 29.3 Å². The molecule has 3 rings (SSSR count). The minimum atomic E-state index is -3.83. The lowest BCUT2D eigenvalue weighted by Crippen LogP contribution is -2.31. The number of epoxide rings is 1. The maximum Gasteiger partial charge on any atom is 0.245 e. The van der Waals surface area contributed by atoms with Crippen LogP contribution in [0.3, 0.4) is 0 Å². The first-order chi connectivity index (χ1) is 14.3. The third-order valence-corrected chi connectivity index (χ3v) is 7.30. The van der Waals surface area contributed by atoms with Gasteiger partial charge in [0.05, 0.1) is 36.0 Å². The van der Waals surface area contributed by atoms with E-state index in [2.05, 4.69) is 4.98 Å². The van der Waals surface area contributed by atoms with Crippen LogP contribution in [0.1, 0.15) is 19.0 Å².